The van der Waals surface area contributed by atoms with Crippen LogP contribution in [0.15, 0.2) is 22.1 Å². The third-order valence-corrected chi connectivity index (χ3v) is 2.46. The summed E-state index contributed by atoms with van der Waals surface area (Å²) in [5.41, 5.74) is -0.619. The van der Waals surface area contributed by atoms with Crippen molar-refractivity contribution < 1.29 is 8.42 Å². The van der Waals surface area contributed by atoms with Crippen LogP contribution in [0.5, 0.6) is 0 Å². The maximum atomic E-state index is 11.3. The molecule has 0 spiro atoms. The molecule has 0 fully saturated rings. The molecular formula is C7H11N3O3S. The molecule has 0 saturated carbocycles. The number of hydrogen-bond acceptors (Lipinski definition) is 4. The lowest BCUT2D eigenvalue weighted by Gasteiger charge is -2.08. The van der Waals surface area contributed by atoms with Gasteiger partial charge in [0.25, 0.3) is 10.0 Å². The van der Waals surface area contributed by atoms with E-state index in [2.05, 4.69) is 4.98 Å². The fourth-order valence-electron chi connectivity index (χ4n) is 0.949. The van der Waals surface area contributed by atoms with Crippen LogP contribution in [-0.4, -0.2) is 18.0 Å². The number of hydrogen-bond donors (Lipinski definition) is 1. The molecule has 1 rings (SSSR count). The van der Waals surface area contributed by atoms with E-state index in [0.29, 0.717) is 0 Å². The molecule has 0 radical (unpaired) electrons. The van der Waals surface area contributed by atoms with Gasteiger partial charge in [-0.25, -0.2) is 18.4 Å². The Morgan fingerprint density at radius 1 is 1.50 bits per heavy atom. The first-order chi connectivity index (χ1) is 6.32. The lowest BCUT2D eigenvalue weighted by atomic mass is 10.4. The lowest BCUT2D eigenvalue weighted by Crippen LogP contribution is -2.27. The summed E-state index contributed by atoms with van der Waals surface area (Å²) in [5.74, 6) is 0. The van der Waals surface area contributed by atoms with Gasteiger partial charge in [-0.2, -0.15) is 4.98 Å². The Morgan fingerprint density at radius 3 is 2.43 bits per heavy atom. The van der Waals surface area contributed by atoms with Crippen molar-refractivity contribution in [2.24, 2.45) is 5.14 Å². The van der Waals surface area contributed by atoms with Crippen LogP contribution in [0.4, 0.5) is 0 Å². The average Bonchev–Trinajstić information content (AvgIpc) is 2.01. The fourth-order valence-corrected chi connectivity index (χ4v) is 1.40. The zero-order valence-electron chi connectivity index (χ0n) is 7.84. The predicted octanol–water partition coefficient (Wildman–Crippen LogP) is -0.528. The van der Waals surface area contributed by atoms with Crippen LogP contribution in [0.2, 0.25) is 0 Å². The Hall–Kier alpha value is -1.21. The average molecular weight is 217 g/mol. The highest BCUT2D eigenvalue weighted by Crippen LogP contribution is 2.02. The number of primary sulfonamides is 1. The molecule has 14 heavy (non-hydrogen) atoms. The maximum Gasteiger partial charge on any atom is 0.349 e. The molecule has 6 nitrogen and oxygen atoms in total. The van der Waals surface area contributed by atoms with Gasteiger partial charge in [-0.1, -0.05) is 0 Å². The quantitative estimate of drug-likeness (QED) is 0.674. The van der Waals surface area contributed by atoms with E-state index in [0.717, 1.165) is 0 Å². The molecule has 0 saturated heterocycles. The van der Waals surface area contributed by atoms with Gasteiger partial charge in [0.05, 0.1) is 0 Å². The molecule has 1 aromatic rings. The summed E-state index contributed by atoms with van der Waals surface area (Å²) in [5, 5.41) is 4.41. The minimum atomic E-state index is -3.89. The standard InChI is InChI=1S/C7H11N3O3S/c1-5(2)10-4-3-6(9-7(10)11)14(8,12)13/h3-5H,1-2H3,(H2,8,12,13). The molecule has 1 aromatic heterocycles. The van der Waals surface area contributed by atoms with E-state index >= 15 is 0 Å². The van der Waals surface area contributed by atoms with Gasteiger partial charge in [0, 0.05) is 12.2 Å². The van der Waals surface area contributed by atoms with Crippen LogP contribution in [0, 0.1) is 0 Å². The third-order valence-electron chi connectivity index (χ3n) is 1.65. The number of aromatic nitrogens is 2. The lowest BCUT2D eigenvalue weighted by molar-refractivity contribution is 0.549. The van der Waals surface area contributed by atoms with Crippen LogP contribution in [0.3, 0.4) is 0 Å². The molecule has 0 unspecified atom stereocenters. The topological polar surface area (TPSA) is 95.1 Å². The zero-order chi connectivity index (χ0) is 10.9. The molecule has 0 aliphatic heterocycles. The van der Waals surface area contributed by atoms with Crippen molar-refractivity contribution in [2.45, 2.75) is 24.9 Å². The van der Waals surface area contributed by atoms with E-state index in [1.165, 1.54) is 16.8 Å². The molecule has 78 valence electrons. The number of sulfonamides is 1. The molecule has 0 aliphatic carbocycles. The summed E-state index contributed by atoms with van der Waals surface area (Å²) < 4.78 is 23.0. The highest BCUT2D eigenvalue weighted by molar-refractivity contribution is 7.89. The first-order valence-corrected chi connectivity index (χ1v) is 5.49. The number of nitrogens with zero attached hydrogens (tertiary/aromatic N) is 2. The van der Waals surface area contributed by atoms with Gasteiger partial charge < -0.3 is 0 Å². The Balaban J connectivity index is 3.35. The van der Waals surface area contributed by atoms with Gasteiger partial charge in [0.15, 0.2) is 5.03 Å². The summed E-state index contributed by atoms with van der Waals surface area (Å²) in [6.45, 7) is 3.58. The molecular weight excluding hydrogens is 206 g/mol. The molecule has 0 aromatic carbocycles. The van der Waals surface area contributed by atoms with Crippen molar-refractivity contribution in [3.8, 4) is 0 Å². The van der Waals surface area contributed by atoms with Crippen LogP contribution < -0.4 is 10.8 Å². The Bertz CT molecular complexity index is 489. The molecule has 2 N–H and O–H groups in total. The fraction of sp³-hybridized carbons (Fsp3) is 0.429. The van der Waals surface area contributed by atoms with Crippen molar-refractivity contribution in [1.29, 1.82) is 0 Å². The van der Waals surface area contributed by atoms with Crippen molar-refractivity contribution in [2.75, 3.05) is 0 Å². The highest BCUT2D eigenvalue weighted by Gasteiger charge is 2.11. The summed E-state index contributed by atoms with van der Waals surface area (Å²) >= 11 is 0. The largest absolute Gasteiger partial charge is 0.349 e. The van der Waals surface area contributed by atoms with E-state index in [1.54, 1.807) is 13.8 Å². The minimum Gasteiger partial charge on any atom is -0.297 e. The first-order valence-electron chi connectivity index (χ1n) is 3.94. The molecule has 7 heteroatoms. The molecule has 0 atom stereocenters. The van der Waals surface area contributed by atoms with Gasteiger partial charge in [0.2, 0.25) is 0 Å². The summed E-state index contributed by atoms with van der Waals surface area (Å²) in [7, 11) is -3.89. The number of nitrogens with two attached hydrogens (primary N) is 1. The Kier molecular flexibility index (Phi) is 2.72. The van der Waals surface area contributed by atoms with Crippen LogP contribution >= 0.6 is 0 Å². The van der Waals surface area contributed by atoms with Gasteiger partial charge in [-0.05, 0) is 19.9 Å². The van der Waals surface area contributed by atoms with Crippen molar-refractivity contribution in [1.82, 2.24) is 9.55 Å². The van der Waals surface area contributed by atoms with E-state index in [4.69, 9.17) is 5.14 Å². The zero-order valence-corrected chi connectivity index (χ0v) is 8.65. The summed E-state index contributed by atoms with van der Waals surface area (Å²) in [4.78, 5) is 14.6. The van der Waals surface area contributed by atoms with E-state index in [-0.39, 0.29) is 6.04 Å². The second-order valence-corrected chi connectivity index (χ2v) is 4.60. The highest BCUT2D eigenvalue weighted by atomic mass is 32.2. The third kappa shape index (κ3) is 2.18. The SMILES string of the molecule is CC(C)n1ccc(S(N)(=O)=O)nc1=O. The molecule has 0 bridgehead atoms. The van der Waals surface area contributed by atoms with Gasteiger partial charge >= 0.3 is 5.69 Å². The van der Waals surface area contributed by atoms with Gasteiger partial charge in [0.1, 0.15) is 0 Å². The maximum absolute atomic E-state index is 11.3. The second-order valence-electron chi connectivity index (χ2n) is 3.09. The van der Waals surface area contributed by atoms with Crippen LogP contribution in [-0.2, 0) is 10.0 Å². The van der Waals surface area contributed by atoms with Crippen molar-refractivity contribution >= 4 is 10.0 Å². The molecule has 0 amide bonds. The van der Waals surface area contributed by atoms with E-state index in [1.807, 2.05) is 0 Å². The van der Waals surface area contributed by atoms with Crippen molar-refractivity contribution in [3.05, 3.63) is 22.7 Å². The predicted molar refractivity (Wildman–Crippen MR) is 50.3 cm³/mol. The first kappa shape index (κ1) is 10.9. The summed E-state index contributed by atoms with van der Waals surface area (Å²) in [6.07, 6.45) is 1.36. The van der Waals surface area contributed by atoms with Crippen LogP contribution in [0.1, 0.15) is 19.9 Å². The van der Waals surface area contributed by atoms with Gasteiger partial charge in [-0.15, -0.1) is 0 Å². The summed E-state index contributed by atoms with van der Waals surface area (Å²) in [6, 6.07) is 1.14. The number of rotatable bonds is 2. The second kappa shape index (κ2) is 3.50. The Morgan fingerprint density at radius 2 is 2.07 bits per heavy atom. The smallest absolute Gasteiger partial charge is 0.297 e. The van der Waals surface area contributed by atoms with E-state index < -0.39 is 20.7 Å². The van der Waals surface area contributed by atoms with Gasteiger partial charge in [-0.3, -0.25) is 4.57 Å². The Labute approximate surface area is 81.4 Å². The normalized spacial score (nSPS) is 12.0. The minimum absolute atomic E-state index is 0.0653. The molecule has 1 heterocycles. The van der Waals surface area contributed by atoms with E-state index in [9.17, 15) is 13.2 Å². The molecule has 0 aliphatic rings. The monoisotopic (exact) mass is 217 g/mol. The van der Waals surface area contributed by atoms with Crippen molar-refractivity contribution in [3.63, 3.8) is 0 Å². The van der Waals surface area contributed by atoms with Crippen LogP contribution in [0.25, 0.3) is 0 Å².